The van der Waals surface area contributed by atoms with E-state index in [0.29, 0.717) is 6.79 Å². The summed E-state index contributed by atoms with van der Waals surface area (Å²) in [5.74, 6) is 0.956. The van der Waals surface area contributed by atoms with Gasteiger partial charge in [0.05, 0.1) is 11.6 Å². The van der Waals surface area contributed by atoms with Crippen LogP contribution < -0.4 is 5.32 Å². The van der Waals surface area contributed by atoms with Crippen LogP contribution in [0.4, 0.5) is 5.82 Å². The molecule has 1 aliphatic heterocycles. The van der Waals surface area contributed by atoms with Gasteiger partial charge in [-0.3, -0.25) is 0 Å². The van der Waals surface area contributed by atoms with Gasteiger partial charge in [-0.1, -0.05) is 44.8 Å². The van der Waals surface area contributed by atoms with Crippen molar-refractivity contribution in [2.75, 3.05) is 19.2 Å². The van der Waals surface area contributed by atoms with Crippen molar-refractivity contribution in [3.05, 3.63) is 29.0 Å². The Morgan fingerprint density at radius 3 is 2.75 bits per heavy atom. The molecule has 2 rings (SSSR count). The molecule has 1 aromatic rings. The van der Waals surface area contributed by atoms with Gasteiger partial charge < -0.3 is 14.8 Å². The Morgan fingerprint density at radius 1 is 1.25 bits per heavy atom. The number of hydrogen-bond acceptors (Lipinski definition) is 4. The highest BCUT2D eigenvalue weighted by atomic mass is 16.7. The molecule has 0 saturated carbocycles. The summed E-state index contributed by atoms with van der Waals surface area (Å²) in [5, 5.41) is 3.63. The summed E-state index contributed by atoms with van der Waals surface area (Å²) >= 11 is 0. The third kappa shape index (κ3) is 4.58. The molecule has 0 radical (unpaired) electrons. The van der Waals surface area contributed by atoms with Crippen LogP contribution in [-0.4, -0.2) is 30.5 Å². The van der Waals surface area contributed by atoms with Crippen molar-refractivity contribution in [1.82, 2.24) is 4.98 Å². The van der Waals surface area contributed by atoms with E-state index in [2.05, 4.69) is 44.3 Å². The molecule has 134 valence electrons. The zero-order chi connectivity index (χ0) is 17.6. The Hall–Kier alpha value is -1.39. The highest BCUT2D eigenvalue weighted by Crippen LogP contribution is 2.33. The second kappa shape index (κ2) is 8.63. The fraction of sp³-hybridized carbons (Fsp3) is 0.650. The van der Waals surface area contributed by atoms with E-state index in [1.54, 1.807) is 7.11 Å². The number of anilines is 1. The maximum absolute atomic E-state index is 6.03. The molecule has 0 bridgehead atoms. The molecule has 4 heteroatoms. The lowest BCUT2D eigenvalue weighted by atomic mass is 9.86. The monoisotopic (exact) mass is 332 g/mol. The predicted molar refractivity (Wildman–Crippen MR) is 100 cm³/mol. The predicted octanol–water partition coefficient (Wildman–Crippen LogP) is 4.86. The second-order valence-electron chi connectivity index (χ2n) is 7.00. The second-order valence-corrected chi connectivity index (χ2v) is 7.00. The van der Waals surface area contributed by atoms with Crippen molar-refractivity contribution >= 4 is 11.9 Å². The molecule has 2 unspecified atom stereocenters. The van der Waals surface area contributed by atoms with Gasteiger partial charge in [-0.25, -0.2) is 4.98 Å². The number of nitrogens with zero attached hydrogens (tertiary/aromatic N) is 1. The summed E-state index contributed by atoms with van der Waals surface area (Å²) < 4.78 is 11.2. The van der Waals surface area contributed by atoms with Crippen LogP contribution >= 0.6 is 0 Å². The first-order valence-corrected chi connectivity index (χ1v) is 9.06. The molecule has 24 heavy (non-hydrogen) atoms. The number of unbranched alkanes of at least 4 members (excludes halogenated alkanes) is 3. The Balaban J connectivity index is 2.16. The van der Waals surface area contributed by atoms with Gasteiger partial charge >= 0.3 is 0 Å². The number of ether oxygens (including phenoxy) is 2. The number of hydrogen-bond donors (Lipinski definition) is 1. The maximum Gasteiger partial charge on any atom is 0.146 e. The third-order valence-corrected chi connectivity index (χ3v) is 4.75. The van der Waals surface area contributed by atoms with Gasteiger partial charge in [-0.2, -0.15) is 0 Å². The van der Waals surface area contributed by atoms with Crippen molar-refractivity contribution in [2.45, 2.75) is 71.4 Å². The van der Waals surface area contributed by atoms with Crippen LogP contribution in [0.15, 0.2) is 12.1 Å². The number of methoxy groups -OCH3 is 1. The molecule has 1 N–H and O–H groups in total. The molecule has 0 fully saturated rings. The van der Waals surface area contributed by atoms with E-state index in [1.165, 1.54) is 36.8 Å². The van der Waals surface area contributed by atoms with Crippen molar-refractivity contribution in [3.8, 4) is 0 Å². The van der Waals surface area contributed by atoms with Gasteiger partial charge in [-0.15, -0.1) is 0 Å². The van der Waals surface area contributed by atoms with E-state index >= 15 is 0 Å². The van der Waals surface area contributed by atoms with E-state index in [-0.39, 0.29) is 11.6 Å². The number of aromatic nitrogens is 1. The van der Waals surface area contributed by atoms with Gasteiger partial charge in [0.2, 0.25) is 0 Å². The molecular weight excluding hydrogens is 300 g/mol. The fourth-order valence-corrected chi connectivity index (χ4v) is 3.36. The first-order chi connectivity index (χ1) is 11.5. The lowest BCUT2D eigenvalue weighted by Crippen LogP contribution is -2.48. The van der Waals surface area contributed by atoms with Crippen LogP contribution in [0.5, 0.6) is 0 Å². The van der Waals surface area contributed by atoms with E-state index < -0.39 is 0 Å². The molecule has 1 aliphatic rings. The number of pyridine rings is 1. The summed E-state index contributed by atoms with van der Waals surface area (Å²) in [6.45, 7) is 8.90. The number of fused-ring (bicyclic) bond motifs is 1. The summed E-state index contributed by atoms with van der Waals surface area (Å²) in [7, 11) is 1.67. The Bertz CT molecular complexity index is 571. The Labute approximate surface area is 146 Å². The average molecular weight is 332 g/mol. The lowest BCUT2D eigenvalue weighted by Gasteiger charge is -2.39. The Morgan fingerprint density at radius 2 is 2.04 bits per heavy atom. The summed E-state index contributed by atoms with van der Waals surface area (Å²) in [6.07, 6.45) is 10.4. The van der Waals surface area contributed by atoms with Gasteiger partial charge in [-0.05, 0) is 38.8 Å². The van der Waals surface area contributed by atoms with Crippen LogP contribution in [0.2, 0.25) is 0 Å². The first kappa shape index (κ1) is 18.9. The maximum atomic E-state index is 6.03. The standard InChI is InChI=1S/C20H32N2O2/c1-6-7-8-9-10-18(24-14-23-5)20(4)12-11-17-15(2)13-16(3)21-19(17)22-20/h11-13,18H,6-10,14H2,1-5H3,(H,21,22). The molecule has 0 saturated heterocycles. The topological polar surface area (TPSA) is 43.4 Å². The SMILES string of the molecule is CCCCCCC(OCOC)C1(C)C=Cc2c(C)cc(C)nc2N1. The van der Waals surface area contributed by atoms with Gasteiger partial charge in [0.1, 0.15) is 12.6 Å². The molecule has 2 atom stereocenters. The molecule has 0 spiro atoms. The third-order valence-electron chi connectivity index (χ3n) is 4.75. The molecular formula is C20H32N2O2. The van der Waals surface area contributed by atoms with Crippen molar-refractivity contribution in [3.63, 3.8) is 0 Å². The molecule has 4 nitrogen and oxygen atoms in total. The number of aryl methyl sites for hydroxylation is 2. The summed E-state index contributed by atoms with van der Waals surface area (Å²) in [4.78, 5) is 4.69. The van der Waals surface area contributed by atoms with Crippen LogP contribution in [0.25, 0.3) is 6.08 Å². The minimum absolute atomic E-state index is 0.0568. The van der Waals surface area contributed by atoms with E-state index in [4.69, 9.17) is 14.5 Å². The zero-order valence-electron chi connectivity index (χ0n) is 15.8. The highest BCUT2D eigenvalue weighted by molar-refractivity contribution is 5.72. The smallest absolute Gasteiger partial charge is 0.146 e. The molecule has 0 amide bonds. The van der Waals surface area contributed by atoms with E-state index in [9.17, 15) is 0 Å². The zero-order valence-corrected chi connectivity index (χ0v) is 15.8. The fourth-order valence-electron chi connectivity index (χ4n) is 3.36. The van der Waals surface area contributed by atoms with E-state index in [1.807, 2.05) is 6.92 Å². The van der Waals surface area contributed by atoms with Crippen LogP contribution in [0.1, 0.15) is 62.8 Å². The normalized spacial score (nSPS) is 20.5. The minimum Gasteiger partial charge on any atom is -0.359 e. The Kier molecular flexibility index (Phi) is 6.81. The summed E-state index contributed by atoms with van der Waals surface area (Å²) in [5.41, 5.74) is 3.19. The summed E-state index contributed by atoms with van der Waals surface area (Å²) in [6, 6.07) is 2.12. The van der Waals surface area contributed by atoms with Gasteiger partial charge in [0.25, 0.3) is 0 Å². The number of nitrogens with one attached hydrogen (secondary N) is 1. The van der Waals surface area contributed by atoms with Gasteiger partial charge in [0, 0.05) is 18.4 Å². The molecule has 0 aliphatic carbocycles. The molecule has 2 heterocycles. The van der Waals surface area contributed by atoms with Crippen molar-refractivity contribution in [1.29, 1.82) is 0 Å². The largest absolute Gasteiger partial charge is 0.359 e. The highest BCUT2D eigenvalue weighted by Gasteiger charge is 2.35. The molecule has 1 aromatic heterocycles. The molecule has 0 aromatic carbocycles. The quantitative estimate of drug-likeness (QED) is 0.518. The average Bonchev–Trinajstić information content (AvgIpc) is 2.53. The first-order valence-electron chi connectivity index (χ1n) is 9.06. The van der Waals surface area contributed by atoms with Crippen LogP contribution in [-0.2, 0) is 9.47 Å². The van der Waals surface area contributed by atoms with Crippen LogP contribution in [0.3, 0.4) is 0 Å². The van der Waals surface area contributed by atoms with E-state index in [0.717, 1.165) is 17.9 Å². The lowest BCUT2D eigenvalue weighted by molar-refractivity contribution is -0.0881. The van der Waals surface area contributed by atoms with Crippen molar-refractivity contribution in [2.24, 2.45) is 0 Å². The minimum atomic E-state index is -0.273. The number of rotatable bonds is 9. The van der Waals surface area contributed by atoms with Gasteiger partial charge in [0.15, 0.2) is 0 Å². The van der Waals surface area contributed by atoms with Crippen LogP contribution in [0, 0.1) is 13.8 Å². The van der Waals surface area contributed by atoms with Crippen molar-refractivity contribution < 1.29 is 9.47 Å².